The maximum absolute atomic E-state index is 9.00. The van der Waals surface area contributed by atoms with Crippen molar-refractivity contribution in [2.45, 2.75) is 44.9 Å². The number of hydrogen-bond acceptors (Lipinski definition) is 3. The minimum atomic E-state index is -0.0802. The summed E-state index contributed by atoms with van der Waals surface area (Å²) in [6.07, 6.45) is 6.62. The molecule has 1 aliphatic rings. The largest absolute Gasteiger partial charge is 0.409 e. The van der Waals surface area contributed by atoms with Crippen molar-refractivity contribution in [3.63, 3.8) is 0 Å². The minimum Gasteiger partial charge on any atom is -0.409 e. The van der Waals surface area contributed by atoms with Crippen LogP contribution < -0.4 is 11.1 Å². The van der Waals surface area contributed by atoms with E-state index in [9.17, 15) is 0 Å². The summed E-state index contributed by atoms with van der Waals surface area (Å²) in [5.74, 6) is 0.186. The van der Waals surface area contributed by atoms with Crippen molar-refractivity contribution in [1.29, 1.82) is 0 Å². The molecule has 4 N–H and O–H groups in total. The van der Waals surface area contributed by atoms with E-state index in [0.29, 0.717) is 12.0 Å². The number of amidine groups is 1. The maximum Gasteiger partial charge on any atom is 0.147 e. The fourth-order valence-corrected chi connectivity index (χ4v) is 3.25. The summed E-state index contributed by atoms with van der Waals surface area (Å²) in [5.41, 5.74) is 7.33. The molecule has 2 rings (SSSR count). The molecule has 4 nitrogen and oxygen atoms in total. The quantitative estimate of drug-likeness (QED) is 0.326. The summed E-state index contributed by atoms with van der Waals surface area (Å²) >= 11 is 0. The Hall–Kier alpha value is -1.55. The molecular formula is C17H27N3O. The molecule has 1 unspecified atom stereocenters. The van der Waals surface area contributed by atoms with Crippen molar-refractivity contribution in [2.24, 2.45) is 16.3 Å². The zero-order valence-corrected chi connectivity index (χ0v) is 12.9. The van der Waals surface area contributed by atoms with Crippen LogP contribution in [0.1, 0.15) is 50.5 Å². The lowest BCUT2D eigenvalue weighted by molar-refractivity contribution is 0.208. The van der Waals surface area contributed by atoms with Crippen molar-refractivity contribution in [1.82, 2.24) is 5.32 Å². The monoisotopic (exact) mass is 289 g/mol. The molecular weight excluding hydrogens is 262 g/mol. The van der Waals surface area contributed by atoms with Crippen LogP contribution in [0, 0.1) is 5.41 Å². The Morgan fingerprint density at radius 2 is 1.95 bits per heavy atom. The Bertz CT molecular complexity index is 452. The van der Waals surface area contributed by atoms with Gasteiger partial charge in [-0.05, 0) is 23.8 Å². The second-order valence-corrected chi connectivity index (χ2v) is 6.49. The molecule has 1 fully saturated rings. The first kappa shape index (κ1) is 15.8. The molecule has 1 atom stereocenters. The number of benzene rings is 1. The van der Waals surface area contributed by atoms with Crippen LogP contribution in [0.3, 0.4) is 0 Å². The van der Waals surface area contributed by atoms with Crippen LogP contribution in [0.15, 0.2) is 35.5 Å². The molecule has 1 aromatic rings. The van der Waals surface area contributed by atoms with Gasteiger partial charge in [-0.2, -0.15) is 0 Å². The van der Waals surface area contributed by atoms with Gasteiger partial charge >= 0.3 is 0 Å². The van der Waals surface area contributed by atoms with Crippen molar-refractivity contribution in [2.75, 3.05) is 13.1 Å². The summed E-state index contributed by atoms with van der Waals surface area (Å²) in [7, 11) is 0. The molecule has 0 aromatic heterocycles. The third-order valence-corrected chi connectivity index (χ3v) is 4.64. The standard InChI is InChI=1S/C17H27N3O/c1-17(10-6-3-7-11-17)13-19-12-15(16(18)20-21)14-8-4-2-5-9-14/h2,4-5,8-9,15,19,21H,3,6-7,10-13H2,1H3,(H2,18,20). The van der Waals surface area contributed by atoms with Gasteiger partial charge in [-0.1, -0.05) is 61.7 Å². The Morgan fingerprint density at radius 1 is 1.29 bits per heavy atom. The summed E-state index contributed by atoms with van der Waals surface area (Å²) < 4.78 is 0. The summed E-state index contributed by atoms with van der Waals surface area (Å²) in [6.45, 7) is 4.06. The third kappa shape index (κ3) is 4.46. The predicted molar refractivity (Wildman–Crippen MR) is 86.7 cm³/mol. The van der Waals surface area contributed by atoms with Crippen LogP contribution in [-0.2, 0) is 0 Å². The van der Waals surface area contributed by atoms with Gasteiger partial charge in [-0.3, -0.25) is 0 Å². The van der Waals surface area contributed by atoms with Crippen LogP contribution in [0.5, 0.6) is 0 Å². The molecule has 1 aromatic carbocycles. The number of oxime groups is 1. The zero-order chi connectivity index (χ0) is 15.1. The molecule has 0 saturated heterocycles. The molecule has 0 aliphatic heterocycles. The Kier molecular flexibility index (Phi) is 5.62. The number of nitrogens with one attached hydrogen (secondary N) is 1. The Morgan fingerprint density at radius 3 is 2.57 bits per heavy atom. The van der Waals surface area contributed by atoms with E-state index in [1.54, 1.807) is 0 Å². The van der Waals surface area contributed by atoms with Gasteiger partial charge in [0.1, 0.15) is 5.84 Å². The van der Waals surface area contributed by atoms with E-state index in [-0.39, 0.29) is 11.8 Å². The first-order valence-corrected chi connectivity index (χ1v) is 7.88. The fraction of sp³-hybridized carbons (Fsp3) is 0.588. The zero-order valence-electron chi connectivity index (χ0n) is 12.9. The first-order valence-electron chi connectivity index (χ1n) is 7.88. The second kappa shape index (κ2) is 7.46. The highest BCUT2D eigenvalue weighted by atomic mass is 16.4. The van der Waals surface area contributed by atoms with Crippen molar-refractivity contribution in [3.8, 4) is 0 Å². The van der Waals surface area contributed by atoms with E-state index in [1.165, 1.54) is 32.1 Å². The predicted octanol–water partition coefficient (Wildman–Crippen LogP) is 3.08. The number of nitrogens with two attached hydrogens (primary N) is 1. The minimum absolute atomic E-state index is 0.0802. The van der Waals surface area contributed by atoms with Crippen LogP contribution in [0.25, 0.3) is 0 Å². The lowest BCUT2D eigenvalue weighted by Crippen LogP contribution is -2.38. The molecule has 21 heavy (non-hydrogen) atoms. The maximum atomic E-state index is 9.00. The van der Waals surface area contributed by atoms with E-state index in [1.807, 2.05) is 30.3 Å². The highest BCUT2D eigenvalue weighted by Crippen LogP contribution is 2.35. The van der Waals surface area contributed by atoms with Gasteiger partial charge in [0.2, 0.25) is 0 Å². The van der Waals surface area contributed by atoms with Crippen molar-refractivity contribution >= 4 is 5.84 Å². The SMILES string of the molecule is CC1(CNCC(/C(N)=N/O)c2ccccc2)CCCCC1. The molecule has 0 heterocycles. The molecule has 0 radical (unpaired) electrons. The van der Waals surface area contributed by atoms with Gasteiger partial charge in [0.05, 0.1) is 5.92 Å². The van der Waals surface area contributed by atoms with Gasteiger partial charge in [0.25, 0.3) is 0 Å². The molecule has 0 bridgehead atoms. The number of nitrogens with zero attached hydrogens (tertiary/aromatic N) is 1. The van der Waals surface area contributed by atoms with Gasteiger partial charge in [0, 0.05) is 13.1 Å². The molecule has 4 heteroatoms. The van der Waals surface area contributed by atoms with Gasteiger partial charge in [-0.15, -0.1) is 0 Å². The van der Waals surface area contributed by atoms with E-state index < -0.39 is 0 Å². The second-order valence-electron chi connectivity index (χ2n) is 6.49. The van der Waals surface area contributed by atoms with Crippen molar-refractivity contribution < 1.29 is 5.21 Å². The molecule has 0 amide bonds. The van der Waals surface area contributed by atoms with Crippen molar-refractivity contribution in [3.05, 3.63) is 35.9 Å². The van der Waals surface area contributed by atoms with E-state index in [4.69, 9.17) is 10.9 Å². The van der Waals surface area contributed by atoms with Gasteiger partial charge in [0.15, 0.2) is 0 Å². The summed E-state index contributed by atoms with van der Waals surface area (Å²) in [4.78, 5) is 0. The number of hydrogen-bond donors (Lipinski definition) is 3. The van der Waals surface area contributed by atoms with Crippen LogP contribution in [-0.4, -0.2) is 24.1 Å². The molecule has 1 saturated carbocycles. The van der Waals surface area contributed by atoms with Crippen LogP contribution in [0.4, 0.5) is 0 Å². The highest BCUT2D eigenvalue weighted by molar-refractivity contribution is 5.87. The fourth-order valence-electron chi connectivity index (χ4n) is 3.25. The molecule has 1 aliphatic carbocycles. The van der Waals surface area contributed by atoms with Crippen LogP contribution in [0.2, 0.25) is 0 Å². The van der Waals surface area contributed by atoms with Gasteiger partial charge in [-0.25, -0.2) is 0 Å². The van der Waals surface area contributed by atoms with E-state index >= 15 is 0 Å². The normalized spacial score (nSPS) is 20.1. The molecule has 116 valence electrons. The molecule has 0 spiro atoms. The first-order chi connectivity index (χ1) is 10.1. The topological polar surface area (TPSA) is 70.6 Å². The van der Waals surface area contributed by atoms with Gasteiger partial charge < -0.3 is 16.3 Å². The number of rotatable bonds is 6. The van der Waals surface area contributed by atoms with Crippen LogP contribution >= 0.6 is 0 Å². The summed E-state index contributed by atoms with van der Waals surface area (Å²) in [6, 6.07) is 9.98. The Balaban J connectivity index is 1.94. The average Bonchev–Trinajstić information content (AvgIpc) is 2.52. The average molecular weight is 289 g/mol. The lowest BCUT2D eigenvalue weighted by atomic mass is 9.75. The lowest BCUT2D eigenvalue weighted by Gasteiger charge is -2.34. The van der Waals surface area contributed by atoms with E-state index in [0.717, 1.165) is 12.1 Å². The third-order valence-electron chi connectivity index (χ3n) is 4.64. The summed E-state index contributed by atoms with van der Waals surface area (Å²) in [5, 5.41) is 15.7. The highest BCUT2D eigenvalue weighted by Gasteiger charge is 2.27. The van der Waals surface area contributed by atoms with E-state index in [2.05, 4.69) is 17.4 Å². The smallest absolute Gasteiger partial charge is 0.147 e. The Labute approximate surface area is 127 Å².